The number of amides is 1. The standard InChI is InChI=1S/C14H19N3O3/c1-14(2)9-17(7-11(20-14)8-19-3)13(18)12-4-10(5-15)6-16-12/h4,6,11,16H,7-9H2,1-3H3/t11-/m0/s1. The third kappa shape index (κ3) is 3.18. The second kappa shape index (κ2) is 5.65. The van der Waals surface area contributed by atoms with Gasteiger partial charge >= 0.3 is 0 Å². The summed E-state index contributed by atoms with van der Waals surface area (Å²) in [7, 11) is 1.61. The quantitative estimate of drug-likeness (QED) is 0.899. The Morgan fingerprint density at radius 1 is 1.70 bits per heavy atom. The summed E-state index contributed by atoms with van der Waals surface area (Å²) in [5, 5.41) is 8.81. The van der Waals surface area contributed by atoms with Gasteiger partial charge in [-0.05, 0) is 19.9 Å². The van der Waals surface area contributed by atoms with E-state index >= 15 is 0 Å². The number of morpholine rings is 1. The largest absolute Gasteiger partial charge is 0.382 e. The molecule has 0 aromatic carbocycles. The van der Waals surface area contributed by atoms with E-state index in [9.17, 15) is 4.79 Å². The third-order valence-corrected chi connectivity index (χ3v) is 3.16. The fourth-order valence-electron chi connectivity index (χ4n) is 2.48. The number of rotatable bonds is 3. The van der Waals surface area contributed by atoms with Gasteiger partial charge in [-0.15, -0.1) is 0 Å². The molecule has 1 atom stereocenters. The summed E-state index contributed by atoms with van der Waals surface area (Å²) in [4.78, 5) is 17.0. The summed E-state index contributed by atoms with van der Waals surface area (Å²) in [5.41, 5.74) is 0.464. The van der Waals surface area contributed by atoms with E-state index in [0.717, 1.165) is 0 Å². The predicted molar refractivity (Wildman–Crippen MR) is 72.2 cm³/mol. The Balaban J connectivity index is 2.14. The average Bonchev–Trinajstić information content (AvgIpc) is 2.85. The van der Waals surface area contributed by atoms with Crippen molar-refractivity contribution in [3.8, 4) is 6.07 Å². The number of H-pyrrole nitrogens is 1. The van der Waals surface area contributed by atoms with Crippen molar-refractivity contribution in [2.45, 2.75) is 25.6 Å². The maximum Gasteiger partial charge on any atom is 0.270 e. The molecule has 0 bridgehead atoms. The van der Waals surface area contributed by atoms with Crippen molar-refractivity contribution in [1.82, 2.24) is 9.88 Å². The van der Waals surface area contributed by atoms with E-state index in [4.69, 9.17) is 14.7 Å². The Bertz CT molecular complexity index is 530. The molecule has 6 heteroatoms. The number of nitrogens with one attached hydrogen (secondary N) is 1. The van der Waals surface area contributed by atoms with Crippen molar-refractivity contribution in [3.63, 3.8) is 0 Å². The molecule has 1 aromatic heterocycles. The van der Waals surface area contributed by atoms with Gasteiger partial charge in [0.05, 0.1) is 23.9 Å². The first-order valence-electron chi connectivity index (χ1n) is 6.50. The molecule has 1 fully saturated rings. The van der Waals surface area contributed by atoms with E-state index in [1.54, 1.807) is 18.1 Å². The van der Waals surface area contributed by atoms with Crippen molar-refractivity contribution in [2.24, 2.45) is 0 Å². The molecule has 108 valence electrons. The summed E-state index contributed by atoms with van der Waals surface area (Å²) in [6, 6.07) is 3.57. The zero-order valence-corrected chi connectivity index (χ0v) is 12.0. The van der Waals surface area contributed by atoms with Crippen LogP contribution in [0.2, 0.25) is 0 Å². The number of nitriles is 1. The number of carbonyl (C=O) groups excluding carboxylic acids is 1. The predicted octanol–water partition coefficient (Wildman–Crippen LogP) is 1.15. The first kappa shape index (κ1) is 14.6. The lowest BCUT2D eigenvalue weighted by Gasteiger charge is -2.42. The summed E-state index contributed by atoms with van der Waals surface area (Å²) in [6.07, 6.45) is 1.39. The Morgan fingerprint density at radius 2 is 2.45 bits per heavy atom. The minimum Gasteiger partial charge on any atom is -0.382 e. The fraction of sp³-hybridized carbons (Fsp3) is 0.571. The van der Waals surface area contributed by atoms with E-state index in [1.165, 1.54) is 6.20 Å². The molecular weight excluding hydrogens is 258 g/mol. The first-order valence-corrected chi connectivity index (χ1v) is 6.50. The van der Waals surface area contributed by atoms with Crippen molar-refractivity contribution in [1.29, 1.82) is 5.26 Å². The van der Waals surface area contributed by atoms with Gasteiger partial charge in [-0.25, -0.2) is 0 Å². The Kier molecular flexibility index (Phi) is 4.12. The zero-order valence-electron chi connectivity index (χ0n) is 12.0. The van der Waals surface area contributed by atoms with Crippen LogP contribution in [0, 0.1) is 11.3 Å². The number of ether oxygens (including phenoxy) is 2. The maximum absolute atomic E-state index is 12.5. The molecule has 6 nitrogen and oxygen atoms in total. The number of carbonyl (C=O) groups is 1. The minimum absolute atomic E-state index is 0.121. The minimum atomic E-state index is -0.415. The summed E-state index contributed by atoms with van der Waals surface area (Å²) in [5.74, 6) is -0.121. The van der Waals surface area contributed by atoms with Gasteiger partial charge in [0.2, 0.25) is 0 Å². The highest BCUT2D eigenvalue weighted by atomic mass is 16.5. The van der Waals surface area contributed by atoms with Crippen LogP contribution < -0.4 is 0 Å². The molecule has 1 aromatic rings. The fourth-order valence-corrected chi connectivity index (χ4v) is 2.48. The Labute approximate surface area is 118 Å². The number of hydrogen-bond donors (Lipinski definition) is 1. The molecule has 0 aliphatic carbocycles. The summed E-state index contributed by atoms with van der Waals surface area (Å²) >= 11 is 0. The van der Waals surface area contributed by atoms with Crippen LogP contribution in [0.5, 0.6) is 0 Å². The molecule has 0 unspecified atom stereocenters. The number of aromatic amines is 1. The van der Waals surface area contributed by atoms with Crippen molar-refractivity contribution in [3.05, 3.63) is 23.5 Å². The molecule has 1 saturated heterocycles. The average molecular weight is 277 g/mol. The Morgan fingerprint density at radius 3 is 3.05 bits per heavy atom. The molecule has 2 rings (SSSR count). The van der Waals surface area contributed by atoms with Gasteiger partial charge < -0.3 is 19.4 Å². The number of aromatic nitrogens is 1. The molecular formula is C14H19N3O3. The normalized spacial score (nSPS) is 21.5. The van der Waals surface area contributed by atoms with Gasteiger partial charge in [-0.2, -0.15) is 5.26 Å². The molecule has 1 N–H and O–H groups in total. The van der Waals surface area contributed by atoms with Crippen LogP contribution in [0.1, 0.15) is 29.9 Å². The lowest BCUT2D eigenvalue weighted by atomic mass is 10.0. The van der Waals surface area contributed by atoms with Crippen LogP contribution in [0.25, 0.3) is 0 Å². The van der Waals surface area contributed by atoms with Crippen LogP contribution in [-0.4, -0.2) is 54.3 Å². The highest BCUT2D eigenvalue weighted by Gasteiger charge is 2.36. The van der Waals surface area contributed by atoms with Gasteiger partial charge in [-0.3, -0.25) is 4.79 Å². The molecule has 1 aliphatic heterocycles. The van der Waals surface area contributed by atoms with Gasteiger partial charge in [0.1, 0.15) is 11.8 Å². The smallest absolute Gasteiger partial charge is 0.270 e. The van der Waals surface area contributed by atoms with E-state index in [1.807, 2.05) is 19.9 Å². The number of hydrogen-bond acceptors (Lipinski definition) is 4. The molecule has 20 heavy (non-hydrogen) atoms. The highest BCUT2D eigenvalue weighted by Crippen LogP contribution is 2.22. The van der Waals surface area contributed by atoms with Gasteiger partial charge in [0.25, 0.3) is 5.91 Å². The maximum atomic E-state index is 12.5. The molecule has 2 heterocycles. The van der Waals surface area contributed by atoms with Gasteiger partial charge in [0.15, 0.2) is 0 Å². The van der Waals surface area contributed by atoms with Crippen LogP contribution in [0.15, 0.2) is 12.3 Å². The zero-order chi connectivity index (χ0) is 14.8. The molecule has 0 radical (unpaired) electrons. The molecule has 0 saturated carbocycles. The first-order chi connectivity index (χ1) is 9.45. The summed E-state index contributed by atoms with van der Waals surface area (Å²) < 4.78 is 11.0. The van der Waals surface area contributed by atoms with Crippen LogP contribution in [-0.2, 0) is 9.47 Å². The lowest BCUT2D eigenvalue weighted by Crippen LogP contribution is -2.55. The van der Waals surface area contributed by atoms with E-state index in [-0.39, 0.29) is 12.0 Å². The molecule has 1 amide bonds. The van der Waals surface area contributed by atoms with Crippen molar-refractivity contribution < 1.29 is 14.3 Å². The van der Waals surface area contributed by atoms with Crippen LogP contribution >= 0.6 is 0 Å². The van der Waals surface area contributed by atoms with E-state index < -0.39 is 5.60 Å². The second-order valence-corrected chi connectivity index (χ2v) is 5.55. The topological polar surface area (TPSA) is 78.4 Å². The van der Waals surface area contributed by atoms with E-state index in [0.29, 0.717) is 31.0 Å². The number of methoxy groups -OCH3 is 1. The SMILES string of the molecule is COC[C@@H]1CN(C(=O)c2cc(C#N)c[nH]2)CC(C)(C)O1. The summed E-state index contributed by atoms with van der Waals surface area (Å²) in [6.45, 7) is 5.33. The van der Waals surface area contributed by atoms with Crippen molar-refractivity contribution in [2.75, 3.05) is 26.8 Å². The van der Waals surface area contributed by atoms with Crippen LogP contribution in [0.3, 0.4) is 0 Å². The van der Waals surface area contributed by atoms with E-state index in [2.05, 4.69) is 4.98 Å². The third-order valence-electron chi connectivity index (χ3n) is 3.16. The highest BCUT2D eigenvalue weighted by molar-refractivity contribution is 5.93. The monoisotopic (exact) mass is 277 g/mol. The van der Waals surface area contributed by atoms with Gasteiger partial charge in [-0.1, -0.05) is 0 Å². The molecule has 0 spiro atoms. The Hall–Kier alpha value is -1.84. The second-order valence-electron chi connectivity index (χ2n) is 5.55. The molecule has 1 aliphatic rings. The number of nitrogens with zero attached hydrogens (tertiary/aromatic N) is 2. The lowest BCUT2D eigenvalue weighted by molar-refractivity contribution is -0.143. The van der Waals surface area contributed by atoms with Crippen LogP contribution in [0.4, 0.5) is 0 Å². The van der Waals surface area contributed by atoms with Gasteiger partial charge in [0, 0.05) is 26.4 Å². The van der Waals surface area contributed by atoms with Crippen molar-refractivity contribution >= 4 is 5.91 Å².